The molecule has 0 atom stereocenters. The Hall–Kier alpha value is -0.420. The average molecular weight is 255 g/mol. The molecule has 2 aliphatic rings. The van der Waals surface area contributed by atoms with Gasteiger partial charge in [0, 0.05) is 37.9 Å². The van der Waals surface area contributed by atoms with Crippen molar-refractivity contribution in [3.05, 3.63) is 0 Å². The summed E-state index contributed by atoms with van der Waals surface area (Å²) in [7, 11) is 0. The first-order chi connectivity index (χ1) is 6.98. The van der Waals surface area contributed by atoms with Crippen molar-refractivity contribution in [1.29, 1.82) is 0 Å². The molecule has 0 unspecified atom stereocenters. The number of carbonyl (C=O) groups is 1. The number of nitrogens with zero attached hydrogens (tertiary/aromatic N) is 1. The maximum atomic E-state index is 12.8. The van der Waals surface area contributed by atoms with Gasteiger partial charge in [-0.2, -0.15) is 0 Å². The molecule has 0 aromatic carbocycles. The quantitative estimate of drug-likeness (QED) is 0.769. The third-order valence-corrected chi connectivity index (χ3v) is 3.33. The van der Waals surface area contributed by atoms with Crippen molar-refractivity contribution in [2.75, 3.05) is 13.1 Å². The Bertz CT molecular complexity index is 260. The topological polar surface area (TPSA) is 46.3 Å². The van der Waals surface area contributed by atoms with Gasteiger partial charge in [-0.05, 0) is 12.8 Å². The minimum atomic E-state index is -2.58. The van der Waals surface area contributed by atoms with Crippen LogP contribution >= 0.6 is 12.4 Å². The fourth-order valence-corrected chi connectivity index (χ4v) is 2.18. The summed E-state index contributed by atoms with van der Waals surface area (Å²) in [6.07, 6.45) is 1.03. The van der Waals surface area contributed by atoms with Crippen LogP contribution in [0.2, 0.25) is 0 Å². The van der Waals surface area contributed by atoms with Gasteiger partial charge in [0.2, 0.25) is 5.91 Å². The van der Waals surface area contributed by atoms with E-state index in [-0.39, 0.29) is 56.2 Å². The Morgan fingerprint density at radius 1 is 1.25 bits per heavy atom. The molecule has 1 heterocycles. The number of hydrogen-bond acceptors (Lipinski definition) is 2. The lowest BCUT2D eigenvalue weighted by atomic mass is 9.79. The van der Waals surface area contributed by atoms with Gasteiger partial charge in [-0.25, -0.2) is 8.78 Å². The smallest absolute Gasteiger partial charge is 0.251 e. The lowest BCUT2D eigenvalue weighted by Gasteiger charge is -2.38. The van der Waals surface area contributed by atoms with Crippen LogP contribution in [0.4, 0.5) is 8.78 Å². The van der Waals surface area contributed by atoms with Crippen molar-refractivity contribution >= 4 is 18.3 Å². The average Bonchev–Trinajstić information content (AvgIpc) is 2.12. The second-order valence-electron chi connectivity index (χ2n) is 4.61. The Morgan fingerprint density at radius 2 is 1.75 bits per heavy atom. The maximum Gasteiger partial charge on any atom is 0.251 e. The third-order valence-electron chi connectivity index (χ3n) is 3.33. The van der Waals surface area contributed by atoms with Gasteiger partial charge in [-0.15, -0.1) is 12.4 Å². The third kappa shape index (κ3) is 2.83. The number of hydrogen-bond donors (Lipinski definition) is 1. The molecule has 1 aliphatic heterocycles. The number of rotatable bonds is 1. The molecule has 2 N–H and O–H groups in total. The van der Waals surface area contributed by atoms with Gasteiger partial charge in [0.05, 0.1) is 0 Å². The predicted molar refractivity (Wildman–Crippen MR) is 58.7 cm³/mol. The van der Waals surface area contributed by atoms with Gasteiger partial charge in [-0.1, -0.05) is 0 Å². The van der Waals surface area contributed by atoms with Crippen LogP contribution in [0.15, 0.2) is 0 Å². The zero-order chi connectivity index (χ0) is 11.1. The number of alkyl halides is 2. The van der Waals surface area contributed by atoms with Gasteiger partial charge >= 0.3 is 0 Å². The Kier molecular flexibility index (Phi) is 4.12. The maximum absolute atomic E-state index is 12.8. The zero-order valence-corrected chi connectivity index (χ0v) is 9.81. The van der Waals surface area contributed by atoms with Crippen LogP contribution in [0.25, 0.3) is 0 Å². The predicted octanol–water partition coefficient (Wildman–Crippen LogP) is 1.40. The second-order valence-corrected chi connectivity index (χ2v) is 4.61. The second kappa shape index (κ2) is 4.84. The summed E-state index contributed by atoms with van der Waals surface area (Å²) >= 11 is 0. The normalized spacial score (nSPS) is 32.6. The van der Waals surface area contributed by atoms with Crippen LogP contribution in [0.1, 0.15) is 25.7 Å². The molecular weight excluding hydrogens is 238 g/mol. The van der Waals surface area contributed by atoms with E-state index in [1.54, 1.807) is 4.90 Å². The number of amides is 1. The van der Waals surface area contributed by atoms with Crippen LogP contribution < -0.4 is 5.73 Å². The summed E-state index contributed by atoms with van der Waals surface area (Å²) in [4.78, 5) is 13.3. The molecule has 1 aliphatic carbocycles. The summed E-state index contributed by atoms with van der Waals surface area (Å²) in [6, 6.07) is 0.130. The largest absolute Gasteiger partial charge is 0.342 e. The van der Waals surface area contributed by atoms with Crippen molar-refractivity contribution in [3.63, 3.8) is 0 Å². The molecule has 3 nitrogen and oxygen atoms in total. The van der Waals surface area contributed by atoms with Gasteiger partial charge in [0.25, 0.3) is 5.92 Å². The van der Waals surface area contributed by atoms with E-state index in [2.05, 4.69) is 0 Å². The highest BCUT2D eigenvalue weighted by molar-refractivity contribution is 5.85. The van der Waals surface area contributed by atoms with E-state index in [9.17, 15) is 13.6 Å². The molecule has 1 saturated heterocycles. The van der Waals surface area contributed by atoms with E-state index in [1.165, 1.54) is 0 Å². The molecule has 0 aromatic rings. The van der Waals surface area contributed by atoms with Crippen molar-refractivity contribution in [3.8, 4) is 0 Å². The summed E-state index contributed by atoms with van der Waals surface area (Å²) in [5.41, 5.74) is 5.59. The lowest BCUT2D eigenvalue weighted by Crippen LogP contribution is -2.50. The van der Waals surface area contributed by atoms with E-state index < -0.39 is 5.92 Å². The summed E-state index contributed by atoms with van der Waals surface area (Å²) < 4.78 is 25.7. The van der Waals surface area contributed by atoms with Crippen LogP contribution in [-0.4, -0.2) is 35.9 Å². The van der Waals surface area contributed by atoms with Crippen LogP contribution in [0.5, 0.6) is 0 Å². The molecule has 6 heteroatoms. The molecule has 2 fully saturated rings. The van der Waals surface area contributed by atoms with Crippen LogP contribution in [-0.2, 0) is 4.79 Å². The number of halogens is 3. The highest BCUT2D eigenvalue weighted by Gasteiger charge is 2.40. The van der Waals surface area contributed by atoms with E-state index in [0.717, 1.165) is 0 Å². The number of likely N-dealkylation sites (tertiary alicyclic amines) is 1. The number of piperidine rings is 1. The van der Waals surface area contributed by atoms with E-state index in [4.69, 9.17) is 5.73 Å². The fourth-order valence-electron chi connectivity index (χ4n) is 2.18. The number of nitrogens with two attached hydrogens (primary N) is 1. The van der Waals surface area contributed by atoms with Crippen molar-refractivity contribution in [1.82, 2.24) is 4.90 Å². The first kappa shape index (κ1) is 13.6. The molecule has 0 aromatic heterocycles. The van der Waals surface area contributed by atoms with Crippen molar-refractivity contribution < 1.29 is 13.6 Å². The van der Waals surface area contributed by atoms with E-state index in [1.807, 2.05) is 0 Å². The van der Waals surface area contributed by atoms with Gasteiger partial charge in [-0.3, -0.25) is 4.79 Å². The molecular formula is C10H17ClF2N2O. The molecule has 2 rings (SSSR count). The molecule has 94 valence electrons. The van der Waals surface area contributed by atoms with Crippen molar-refractivity contribution in [2.24, 2.45) is 11.7 Å². The monoisotopic (exact) mass is 254 g/mol. The van der Waals surface area contributed by atoms with Gasteiger partial charge < -0.3 is 10.6 Å². The molecule has 0 bridgehead atoms. The highest BCUT2D eigenvalue weighted by Crippen LogP contribution is 2.32. The Balaban J connectivity index is 0.00000128. The van der Waals surface area contributed by atoms with E-state index >= 15 is 0 Å². The summed E-state index contributed by atoms with van der Waals surface area (Å²) in [6.45, 7) is 0.384. The molecule has 0 spiro atoms. The molecule has 1 saturated carbocycles. The van der Waals surface area contributed by atoms with E-state index in [0.29, 0.717) is 12.8 Å². The van der Waals surface area contributed by atoms with Crippen LogP contribution in [0.3, 0.4) is 0 Å². The van der Waals surface area contributed by atoms with Crippen molar-refractivity contribution in [2.45, 2.75) is 37.6 Å². The summed E-state index contributed by atoms with van der Waals surface area (Å²) in [5, 5.41) is 0. The fraction of sp³-hybridized carbons (Fsp3) is 0.900. The standard InChI is InChI=1S/C10H16F2N2O.ClH/c11-10(12)1-3-14(4-2-10)9(15)7-5-8(13)6-7;/h7-8H,1-6,13H2;1H. The Labute approximate surface area is 99.8 Å². The first-order valence-electron chi connectivity index (χ1n) is 5.40. The highest BCUT2D eigenvalue weighted by atomic mass is 35.5. The zero-order valence-electron chi connectivity index (χ0n) is 8.99. The SMILES string of the molecule is Cl.NC1CC(C(=O)N2CCC(F)(F)CC2)C1. The Morgan fingerprint density at radius 3 is 2.19 bits per heavy atom. The van der Waals surface area contributed by atoms with Gasteiger partial charge in [0.1, 0.15) is 0 Å². The van der Waals surface area contributed by atoms with Crippen LogP contribution in [0, 0.1) is 5.92 Å². The number of carbonyl (C=O) groups excluding carboxylic acids is 1. The lowest BCUT2D eigenvalue weighted by molar-refractivity contribution is -0.144. The molecule has 1 amide bonds. The molecule has 0 radical (unpaired) electrons. The minimum Gasteiger partial charge on any atom is -0.342 e. The minimum absolute atomic E-state index is 0. The molecule has 16 heavy (non-hydrogen) atoms. The first-order valence-corrected chi connectivity index (χ1v) is 5.40. The summed E-state index contributed by atoms with van der Waals surface area (Å²) in [5.74, 6) is -2.56. The van der Waals surface area contributed by atoms with Gasteiger partial charge in [0.15, 0.2) is 0 Å².